The molecule has 2 fully saturated rings. The number of likely N-dealkylation sites (tertiary alicyclic amines) is 1. The first-order valence-electron chi connectivity index (χ1n) is 10.9. The number of hydrogen-bond acceptors (Lipinski definition) is 4. The summed E-state index contributed by atoms with van der Waals surface area (Å²) in [6.45, 7) is 2.36. The van der Waals surface area contributed by atoms with Crippen LogP contribution in [0.1, 0.15) is 18.4 Å². The maximum Gasteiger partial charge on any atom is 0.246 e. The number of piperazine rings is 1. The van der Waals surface area contributed by atoms with Crippen molar-refractivity contribution < 1.29 is 26.4 Å². The second-order valence-corrected chi connectivity index (χ2v) is 10.4. The van der Waals surface area contributed by atoms with Gasteiger partial charge in [0.05, 0.1) is 5.92 Å². The zero-order valence-electron chi connectivity index (χ0n) is 18.1. The summed E-state index contributed by atoms with van der Waals surface area (Å²) in [6.07, 6.45) is 1.59. The molecule has 0 aromatic heterocycles. The molecule has 1 amide bonds. The zero-order valence-corrected chi connectivity index (χ0v) is 18.9. The summed E-state index contributed by atoms with van der Waals surface area (Å²) in [6, 6.07) is 8.75. The molecule has 1 unspecified atom stereocenters. The Morgan fingerprint density at radius 2 is 1.67 bits per heavy atom. The minimum absolute atomic E-state index is 0.0176. The summed E-state index contributed by atoms with van der Waals surface area (Å²) in [4.78, 5) is 16.2. The molecule has 33 heavy (non-hydrogen) atoms. The fourth-order valence-corrected chi connectivity index (χ4v) is 6.01. The van der Waals surface area contributed by atoms with Crippen LogP contribution >= 0.6 is 0 Å². The van der Waals surface area contributed by atoms with Gasteiger partial charge in [0.2, 0.25) is 15.9 Å². The molecule has 2 aliphatic rings. The Hall–Kier alpha value is -2.43. The lowest BCUT2D eigenvalue weighted by molar-refractivity contribution is -0.138. The molecule has 0 N–H and O–H groups in total. The van der Waals surface area contributed by atoms with E-state index in [1.54, 1.807) is 11.0 Å². The van der Waals surface area contributed by atoms with Crippen LogP contribution in [0.15, 0.2) is 47.4 Å². The largest absolute Gasteiger partial charge is 0.340 e. The third kappa shape index (κ3) is 5.39. The van der Waals surface area contributed by atoms with Crippen LogP contribution in [0.4, 0.5) is 13.2 Å². The molecule has 0 bridgehead atoms. The topological polar surface area (TPSA) is 60.9 Å². The quantitative estimate of drug-likeness (QED) is 0.659. The van der Waals surface area contributed by atoms with Gasteiger partial charge in [0.1, 0.15) is 22.3 Å². The lowest BCUT2D eigenvalue weighted by Gasteiger charge is -2.38. The van der Waals surface area contributed by atoms with Crippen molar-refractivity contribution in [2.24, 2.45) is 5.92 Å². The van der Waals surface area contributed by atoms with Crippen LogP contribution in [0, 0.1) is 23.4 Å². The van der Waals surface area contributed by atoms with Crippen LogP contribution in [-0.4, -0.2) is 67.7 Å². The number of nitrogens with zero attached hydrogens (tertiary/aromatic N) is 3. The van der Waals surface area contributed by atoms with Gasteiger partial charge in [-0.05, 0) is 55.3 Å². The highest BCUT2D eigenvalue weighted by Crippen LogP contribution is 2.24. The fourth-order valence-electron chi connectivity index (χ4n) is 4.52. The van der Waals surface area contributed by atoms with Crippen molar-refractivity contribution in [3.63, 3.8) is 0 Å². The Kier molecular flexibility index (Phi) is 7.06. The van der Waals surface area contributed by atoms with Crippen molar-refractivity contribution in [1.82, 2.24) is 14.1 Å². The van der Waals surface area contributed by atoms with Gasteiger partial charge >= 0.3 is 0 Å². The van der Waals surface area contributed by atoms with E-state index in [9.17, 15) is 26.4 Å². The van der Waals surface area contributed by atoms with E-state index >= 15 is 0 Å². The number of benzene rings is 2. The van der Waals surface area contributed by atoms with E-state index in [0.29, 0.717) is 19.2 Å². The van der Waals surface area contributed by atoms with Crippen molar-refractivity contribution in [3.8, 4) is 0 Å². The van der Waals surface area contributed by atoms with Crippen molar-refractivity contribution in [2.45, 2.75) is 24.3 Å². The molecule has 2 aromatic rings. The van der Waals surface area contributed by atoms with Crippen molar-refractivity contribution in [1.29, 1.82) is 0 Å². The number of hydrogen-bond donors (Lipinski definition) is 0. The fraction of sp³-hybridized carbons (Fsp3) is 0.435. The van der Waals surface area contributed by atoms with E-state index < -0.39 is 26.6 Å². The number of amides is 1. The Balaban J connectivity index is 1.35. The Labute approximate surface area is 191 Å². The van der Waals surface area contributed by atoms with Gasteiger partial charge < -0.3 is 4.90 Å². The number of piperidine rings is 1. The lowest BCUT2D eigenvalue weighted by atomic mass is 9.95. The normalized spacial score (nSPS) is 20.7. The molecule has 4 rings (SSSR count). The predicted molar refractivity (Wildman–Crippen MR) is 116 cm³/mol. The summed E-state index contributed by atoms with van der Waals surface area (Å²) in [5, 5.41) is 0. The van der Waals surface area contributed by atoms with Crippen molar-refractivity contribution in [2.75, 3.05) is 39.3 Å². The third-order valence-corrected chi connectivity index (χ3v) is 8.13. The molecule has 2 aromatic carbocycles. The number of carbonyl (C=O) groups is 1. The van der Waals surface area contributed by atoms with Crippen LogP contribution in [0.2, 0.25) is 0 Å². The maximum atomic E-state index is 14.0. The van der Waals surface area contributed by atoms with Crippen molar-refractivity contribution >= 4 is 15.9 Å². The van der Waals surface area contributed by atoms with E-state index in [2.05, 4.69) is 4.90 Å². The highest BCUT2D eigenvalue weighted by molar-refractivity contribution is 7.89. The Morgan fingerprint density at radius 1 is 0.939 bits per heavy atom. The van der Waals surface area contributed by atoms with Gasteiger partial charge in [-0.15, -0.1) is 0 Å². The average Bonchev–Trinajstić information content (AvgIpc) is 2.80. The second kappa shape index (κ2) is 9.82. The van der Waals surface area contributed by atoms with E-state index in [1.807, 2.05) is 6.07 Å². The van der Waals surface area contributed by atoms with Gasteiger partial charge in [0.15, 0.2) is 0 Å². The minimum Gasteiger partial charge on any atom is -0.340 e. The summed E-state index contributed by atoms with van der Waals surface area (Å²) in [7, 11) is -4.19. The Bertz CT molecular complexity index is 1120. The summed E-state index contributed by atoms with van der Waals surface area (Å²) in [5.74, 6) is -2.37. The molecule has 10 heteroatoms. The number of carbonyl (C=O) groups excluding carboxylic acids is 1. The highest BCUT2D eigenvalue weighted by Gasteiger charge is 2.35. The van der Waals surface area contributed by atoms with E-state index in [1.165, 1.54) is 12.1 Å². The summed E-state index contributed by atoms with van der Waals surface area (Å²) < 4.78 is 67.6. The molecule has 6 nitrogen and oxygen atoms in total. The molecular formula is C23H26F3N3O3S. The Morgan fingerprint density at radius 3 is 2.39 bits per heavy atom. The molecule has 2 heterocycles. The first-order valence-corrected chi connectivity index (χ1v) is 12.4. The van der Waals surface area contributed by atoms with E-state index in [-0.39, 0.29) is 43.8 Å². The first-order chi connectivity index (χ1) is 15.7. The lowest BCUT2D eigenvalue weighted by Crippen LogP contribution is -2.53. The van der Waals surface area contributed by atoms with Gasteiger partial charge in [0, 0.05) is 39.3 Å². The van der Waals surface area contributed by atoms with Gasteiger partial charge in [-0.3, -0.25) is 9.69 Å². The van der Waals surface area contributed by atoms with Gasteiger partial charge in [-0.2, -0.15) is 4.31 Å². The SMILES string of the molecule is O=C(C1CCCN(Cc2cccc(F)c2)C1)N1CCN(S(=O)(=O)c2cc(F)ccc2F)CC1. The van der Waals surface area contributed by atoms with E-state index in [4.69, 9.17) is 0 Å². The maximum absolute atomic E-state index is 14.0. The smallest absolute Gasteiger partial charge is 0.246 e. The number of halogens is 3. The van der Waals surface area contributed by atoms with Crippen LogP contribution in [0.5, 0.6) is 0 Å². The molecule has 0 radical (unpaired) electrons. The van der Waals surface area contributed by atoms with Gasteiger partial charge in [-0.25, -0.2) is 21.6 Å². The standard InChI is InChI=1S/C23H26F3N3O3S/c24-19-5-1-3-17(13-19)15-27-8-2-4-18(16-27)23(30)28-9-11-29(12-10-28)33(31,32)22-14-20(25)6-7-21(22)26/h1,3,5-7,13-14,18H,2,4,8-12,15-16H2. The van der Waals surface area contributed by atoms with Crippen molar-refractivity contribution in [3.05, 3.63) is 65.5 Å². The molecule has 2 saturated heterocycles. The monoisotopic (exact) mass is 481 g/mol. The minimum atomic E-state index is -4.19. The first kappa shape index (κ1) is 23.7. The third-order valence-electron chi connectivity index (χ3n) is 6.21. The number of sulfonamides is 1. The van der Waals surface area contributed by atoms with Crippen LogP contribution in [-0.2, 0) is 21.4 Å². The molecule has 2 aliphatic heterocycles. The van der Waals surface area contributed by atoms with Gasteiger partial charge in [0.25, 0.3) is 0 Å². The molecule has 1 atom stereocenters. The predicted octanol–water partition coefficient (Wildman–Crippen LogP) is 2.85. The second-order valence-electron chi connectivity index (χ2n) is 8.51. The summed E-state index contributed by atoms with van der Waals surface area (Å²) >= 11 is 0. The number of rotatable bonds is 5. The van der Waals surface area contributed by atoms with Crippen LogP contribution in [0.25, 0.3) is 0 Å². The zero-order chi connectivity index (χ0) is 23.6. The van der Waals surface area contributed by atoms with Crippen LogP contribution in [0.3, 0.4) is 0 Å². The molecule has 178 valence electrons. The van der Waals surface area contributed by atoms with E-state index in [0.717, 1.165) is 41.4 Å². The molecule has 0 spiro atoms. The molecule has 0 saturated carbocycles. The van der Waals surface area contributed by atoms with Gasteiger partial charge in [-0.1, -0.05) is 12.1 Å². The average molecular weight is 482 g/mol. The highest BCUT2D eigenvalue weighted by atomic mass is 32.2. The molecular weight excluding hydrogens is 455 g/mol. The summed E-state index contributed by atoms with van der Waals surface area (Å²) in [5.41, 5.74) is 0.853. The molecule has 0 aliphatic carbocycles. The van der Waals surface area contributed by atoms with Crippen LogP contribution < -0.4 is 0 Å².